The molecule has 2 N–H and O–H groups in total. The molecule has 0 atom stereocenters. The minimum absolute atomic E-state index is 0.00103. The molecule has 0 bridgehead atoms. The number of carbonyl (C=O) groups is 1. The van der Waals surface area contributed by atoms with Crippen molar-refractivity contribution in [1.82, 2.24) is 5.32 Å². The first kappa shape index (κ1) is 13.8. The number of aliphatic hydroxyl groups is 1. The van der Waals surface area contributed by atoms with E-state index < -0.39 is 11.5 Å². The van der Waals surface area contributed by atoms with Crippen molar-refractivity contribution in [2.45, 2.75) is 19.3 Å². The molecule has 21 heavy (non-hydrogen) atoms. The number of benzene rings is 1. The number of para-hydroxylation sites is 1. The van der Waals surface area contributed by atoms with Crippen LogP contribution < -0.4 is 10.9 Å². The van der Waals surface area contributed by atoms with Crippen LogP contribution in [-0.2, 0) is 0 Å². The largest absolute Gasteiger partial charge is 0.422 e. The molecule has 1 aliphatic carbocycles. The maximum atomic E-state index is 12.2. The van der Waals surface area contributed by atoms with Gasteiger partial charge in [0.1, 0.15) is 11.1 Å². The summed E-state index contributed by atoms with van der Waals surface area (Å²) in [5.41, 5.74) is -0.393. The molecule has 2 aromatic rings. The molecular formula is C16H17NO4. The van der Waals surface area contributed by atoms with Crippen LogP contribution in [0.15, 0.2) is 39.5 Å². The molecule has 1 heterocycles. The van der Waals surface area contributed by atoms with Crippen molar-refractivity contribution >= 4 is 16.9 Å². The summed E-state index contributed by atoms with van der Waals surface area (Å²) in [5, 5.41) is 12.8. The van der Waals surface area contributed by atoms with E-state index in [1.807, 2.05) is 6.07 Å². The fourth-order valence-corrected chi connectivity index (χ4v) is 2.65. The molecule has 0 unspecified atom stereocenters. The van der Waals surface area contributed by atoms with Crippen LogP contribution in [0.25, 0.3) is 11.0 Å². The molecule has 5 nitrogen and oxygen atoms in total. The standard InChI is InChI=1S/C16H17NO4/c18-10-16(6-3-7-16)9-17-14(19)12-8-11-4-1-2-5-13(11)21-15(12)20/h1-2,4-5,8,18H,3,6-7,9-10H2,(H,17,19). The monoisotopic (exact) mass is 287 g/mol. The van der Waals surface area contributed by atoms with E-state index in [4.69, 9.17) is 4.42 Å². The van der Waals surface area contributed by atoms with E-state index >= 15 is 0 Å². The van der Waals surface area contributed by atoms with E-state index in [-0.39, 0.29) is 17.6 Å². The van der Waals surface area contributed by atoms with Crippen LogP contribution in [0, 0.1) is 5.41 Å². The van der Waals surface area contributed by atoms with Gasteiger partial charge in [0.2, 0.25) is 0 Å². The van der Waals surface area contributed by atoms with Gasteiger partial charge >= 0.3 is 5.63 Å². The maximum Gasteiger partial charge on any atom is 0.349 e. The van der Waals surface area contributed by atoms with Crippen LogP contribution in [0.5, 0.6) is 0 Å². The van der Waals surface area contributed by atoms with Gasteiger partial charge < -0.3 is 14.8 Å². The van der Waals surface area contributed by atoms with E-state index in [9.17, 15) is 14.7 Å². The van der Waals surface area contributed by atoms with Crippen molar-refractivity contribution in [3.63, 3.8) is 0 Å². The van der Waals surface area contributed by atoms with Crippen molar-refractivity contribution in [2.75, 3.05) is 13.2 Å². The van der Waals surface area contributed by atoms with Gasteiger partial charge in [0.15, 0.2) is 0 Å². The molecule has 1 amide bonds. The fourth-order valence-electron chi connectivity index (χ4n) is 2.65. The second-order valence-electron chi connectivity index (χ2n) is 5.68. The molecule has 1 fully saturated rings. The molecule has 1 aliphatic rings. The molecular weight excluding hydrogens is 270 g/mol. The summed E-state index contributed by atoms with van der Waals surface area (Å²) in [6.45, 7) is 0.439. The van der Waals surface area contributed by atoms with Crippen molar-refractivity contribution in [3.8, 4) is 0 Å². The quantitative estimate of drug-likeness (QED) is 0.839. The lowest BCUT2D eigenvalue weighted by Gasteiger charge is -2.40. The molecule has 3 rings (SSSR count). The smallest absolute Gasteiger partial charge is 0.349 e. The Balaban J connectivity index is 1.81. The molecule has 0 radical (unpaired) electrons. The average molecular weight is 287 g/mol. The van der Waals surface area contributed by atoms with Gasteiger partial charge in [-0.1, -0.05) is 24.6 Å². The normalized spacial score (nSPS) is 16.4. The third-order valence-electron chi connectivity index (χ3n) is 4.26. The Morgan fingerprint density at radius 3 is 2.76 bits per heavy atom. The lowest BCUT2D eigenvalue weighted by atomic mass is 9.69. The topological polar surface area (TPSA) is 79.5 Å². The zero-order chi connectivity index (χ0) is 14.9. The number of aliphatic hydroxyl groups excluding tert-OH is 1. The summed E-state index contributed by atoms with van der Waals surface area (Å²) in [6.07, 6.45) is 2.86. The lowest BCUT2D eigenvalue weighted by Crippen LogP contribution is -2.45. The molecule has 1 aromatic heterocycles. The SMILES string of the molecule is O=C(NCC1(CO)CCC1)c1cc2ccccc2oc1=O. The third kappa shape index (κ3) is 2.56. The van der Waals surface area contributed by atoms with Gasteiger partial charge in [-0.3, -0.25) is 4.79 Å². The molecule has 1 aromatic carbocycles. The Morgan fingerprint density at radius 2 is 2.10 bits per heavy atom. The highest BCUT2D eigenvalue weighted by Crippen LogP contribution is 2.39. The highest BCUT2D eigenvalue weighted by Gasteiger charge is 2.36. The van der Waals surface area contributed by atoms with E-state index in [0.717, 1.165) is 19.3 Å². The summed E-state index contributed by atoms with van der Waals surface area (Å²) < 4.78 is 5.15. The number of hydrogen-bond acceptors (Lipinski definition) is 4. The van der Waals surface area contributed by atoms with Gasteiger partial charge in [-0.15, -0.1) is 0 Å². The van der Waals surface area contributed by atoms with Crippen molar-refractivity contribution in [1.29, 1.82) is 0 Å². The zero-order valence-electron chi connectivity index (χ0n) is 11.6. The molecule has 0 saturated heterocycles. The summed E-state index contributed by atoms with van der Waals surface area (Å²) in [7, 11) is 0. The predicted molar refractivity (Wildman–Crippen MR) is 78.2 cm³/mol. The predicted octanol–water partition coefficient (Wildman–Crippen LogP) is 1.69. The third-order valence-corrected chi connectivity index (χ3v) is 4.26. The molecule has 110 valence electrons. The first-order valence-electron chi connectivity index (χ1n) is 7.06. The van der Waals surface area contributed by atoms with Crippen LogP contribution in [-0.4, -0.2) is 24.2 Å². The summed E-state index contributed by atoms with van der Waals surface area (Å²) in [6, 6.07) is 8.61. The Morgan fingerprint density at radius 1 is 1.33 bits per heavy atom. The van der Waals surface area contributed by atoms with Crippen molar-refractivity contribution < 1.29 is 14.3 Å². The van der Waals surface area contributed by atoms with Gasteiger partial charge in [0.25, 0.3) is 5.91 Å². The Kier molecular flexibility index (Phi) is 3.51. The maximum absolute atomic E-state index is 12.2. The number of nitrogens with one attached hydrogen (secondary N) is 1. The molecule has 1 saturated carbocycles. The number of hydrogen-bond donors (Lipinski definition) is 2. The highest BCUT2D eigenvalue weighted by molar-refractivity contribution is 5.96. The first-order chi connectivity index (χ1) is 10.1. The molecule has 5 heteroatoms. The summed E-state index contributed by atoms with van der Waals surface area (Å²) in [5.74, 6) is -0.450. The average Bonchev–Trinajstić information content (AvgIpc) is 2.45. The highest BCUT2D eigenvalue weighted by atomic mass is 16.4. The minimum Gasteiger partial charge on any atom is -0.422 e. The van der Waals surface area contributed by atoms with Crippen LogP contribution in [0.4, 0.5) is 0 Å². The van der Waals surface area contributed by atoms with Crippen molar-refractivity contribution in [3.05, 3.63) is 46.3 Å². The molecule has 0 aliphatic heterocycles. The fraction of sp³-hybridized carbons (Fsp3) is 0.375. The first-order valence-corrected chi connectivity index (χ1v) is 7.06. The Hall–Kier alpha value is -2.14. The number of carbonyl (C=O) groups excluding carboxylic acids is 1. The molecule has 0 spiro atoms. The van der Waals surface area contributed by atoms with E-state index in [2.05, 4.69) is 5.32 Å². The number of amides is 1. The summed E-state index contributed by atoms with van der Waals surface area (Å²) in [4.78, 5) is 24.0. The minimum atomic E-state index is -0.641. The van der Waals surface area contributed by atoms with Gasteiger partial charge in [0, 0.05) is 17.3 Å². The second kappa shape index (κ2) is 5.33. The summed E-state index contributed by atoms with van der Waals surface area (Å²) >= 11 is 0. The Labute approximate surface area is 121 Å². The van der Waals surface area contributed by atoms with Crippen LogP contribution in [0.3, 0.4) is 0 Å². The van der Waals surface area contributed by atoms with Gasteiger partial charge in [-0.05, 0) is 25.0 Å². The zero-order valence-corrected chi connectivity index (χ0v) is 11.6. The van der Waals surface area contributed by atoms with Gasteiger partial charge in [-0.2, -0.15) is 0 Å². The van der Waals surface area contributed by atoms with Gasteiger partial charge in [-0.25, -0.2) is 4.79 Å². The van der Waals surface area contributed by atoms with Gasteiger partial charge in [0.05, 0.1) is 6.61 Å². The number of fused-ring (bicyclic) bond motifs is 1. The second-order valence-corrected chi connectivity index (χ2v) is 5.68. The van der Waals surface area contributed by atoms with Crippen LogP contribution in [0.1, 0.15) is 29.6 Å². The van der Waals surface area contributed by atoms with Crippen LogP contribution >= 0.6 is 0 Å². The van der Waals surface area contributed by atoms with E-state index in [1.165, 1.54) is 0 Å². The Bertz CT molecular complexity index is 725. The lowest BCUT2D eigenvalue weighted by molar-refractivity contribution is 0.0428. The number of rotatable bonds is 4. The van der Waals surface area contributed by atoms with E-state index in [0.29, 0.717) is 17.5 Å². The van der Waals surface area contributed by atoms with E-state index in [1.54, 1.807) is 24.3 Å². The van der Waals surface area contributed by atoms with Crippen LogP contribution in [0.2, 0.25) is 0 Å². The van der Waals surface area contributed by atoms with Crippen molar-refractivity contribution in [2.24, 2.45) is 5.41 Å².